The van der Waals surface area contributed by atoms with Crippen molar-refractivity contribution in [3.63, 3.8) is 0 Å². The smallest absolute Gasteiger partial charge is 0.154 e. The molecule has 0 radical (unpaired) electrons. The van der Waals surface area contributed by atoms with Crippen molar-refractivity contribution in [2.45, 2.75) is 25.9 Å². The molecule has 21 heavy (non-hydrogen) atoms. The topological polar surface area (TPSA) is 58.6 Å². The molecular weight excluding hydrogens is 288 g/mol. The second-order valence-electron chi connectivity index (χ2n) is 5.56. The summed E-state index contributed by atoms with van der Waals surface area (Å²) >= 11 is 0. The van der Waals surface area contributed by atoms with Crippen molar-refractivity contribution in [3.05, 3.63) is 23.8 Å². The van der Waals surface area contributed by atoms with E-state index in [1.54, 1.807) is 7.11 Å². The highest BCUT2D eigenvalue weighted by Gasteiger charge is 2.30. The van der Waals surface area contributed by atoms with Crippen molar-refractivity contribution in [1.29, 1.82) is 0 Å². The van der Waals surface area contributed by atoms with Crippen LogP contribution in [0.3, 0.4) is 0 Å². The lowest BCUT2D eigenvalue weighted by Gasteiger charge is -2.37. The van der Waals surface area contributed by atoms with Gasteiger partial charge >= 0.3 is 0 Å². The van der Waals surface area contributed by atoms with Gasteiger partial charge in [-0.3, -0.25) is 0 Å². The largest absolute Gasteiger partial charge is 0.496 e. The lowest BCUT2D eigenvalue weighted by molar-refractivity contribution is 0.403. The summed E-state index contributed by atoms with van der Waals surface area (Å²) in [6, 6.07) is 6.04. The van der Waals surface area contributed by atoms with E-state index in [2.05, 4.69) is 17.1 Å². The third-order valence-electron chi connectivity index (χ3n) is 4.11. The molecule has 1 aliphatic heterocycles. The maximum Gasteiger partial charge on any atom is 0.154 e. The van der Waals surface area contributed by atoms with Gasteiger partial charge in [-0.15, -0.1) is 0 Å². The standard InChI is InChI=1S/C15H24N2O3S/c1-11-10-21(18,19)9-8-17(11)13-6-5-7-14(20-4)15(13)12(2)16-3/h5-7,11-12,16H,8-10H2,1-4H3. The van der Waals surface area contributed by atoms with E-state index in [0.717, 1.165) is 17.0 Å². The third-order valence-corrected chi connectivity index (χ3v) is 5.90. The van der Waals surface area contributed by atoms with Gasteiger partial charge in [-0.05, 0) is 33.0 Å². The van der Waals surface area contributed by atoms with Gasteiger partial charge in [0.2, 0.25) is 0 Å². The lowest BCUT2D eigenvalue weighted by atomic mass is 10.0. The van der Waals surface area contributed by atoms with Crippen LogP contribution in [0.4, 0.5) is 5.69 Å². The summed E-state index contributed by atoms with van der Waals surface area (Å²) in [6.07, 6.45) is 0. The molecule has 0 amide bonds. The monoisotopic (exact) mass is 312 g/mol. The summed E-state index contributed by atoms with van der Waals surface area (Å²) < 4.78 is 29.0. The SMILES string of the molecule is CNC(C)c1c(OC)cccc1N1CCS(=O)(=O)CC1C. The van der Waals surface area contributed by atoms with Crippen LogP contribution in [0.25, 0.3) is 0 Å². The zero-order valence-electron chi connectivity index (χ0n) is 13.1. The molecule has 1 heterocycles. The fourth-order valence-corrected chi connectivity index (χ4v) is 4.45. The van der Waals surface area contributed by atoms with E-state index in [0.29, 0.717) is 6.54 Å². The van der Waals surface area contributed by atoms with Crippen LogP contribution in [-0.4, -0.2) is 46.7 Å². The van der Waals surface area contributed by atoms with Gasteiger partial charge < -0.3 is 15.0 Å². The molecule has 1 fully saturated rings. The minimum Gasteiger partial charge on any atom is -0.496 e. The van der Waals surface area contributed by atoms with Gasteiger partial charge in [-0.25, -0.2) is 8.42 Å². The van der Waals surface area contributed by atoms with Crippen molar-refractivity contribution in [2.24, 2.45) is 0 Å². The summed E-state index contributed by atoms with van der Waals surface area (Å²) in [5.74, 6) is 1.24. The summed E-state index contributed by atoms with van der Waals surface area (Å²) in [6.45, 7) is 4.57. The molecule has 1 aliphatic rings. The highest BCUT2D eigenvalue weighted by Crippen LogP contribution is 2.36. The molecule has 1 aromatic carbocycles. The van der Waals surface area contributed by atoms with Crippen LogP contribution in [0.5, 0.6) is 5.75 Å². The molecule has 0 saturated carbocycles. The van der Waals surface area contributed by atoms with Crippen LogP contribution >= 0.6 is 0 Å². The van der Waals surface area contributed by atoms with Crippen molar-refractivity contribution < 1.29 is 13.2 Å². The highest BCUT2D eigenvalue weighted by atomic mass is 32.2. The van der Waals surface area contributed by atoms with Crippen LogP contribution in [0.15, 0.2) is 18.2 Å². The van der Waals surface area contributed by atoms with Gasteiger partial charge in [-0.2, -0.15) is 0 Å². The van der Waals surface area contributed by atoms with E-state index >= 15 is 0 Å². The van der Waals surface area contributed by atoms with E-state index in [-0.39, 0.29) is 23.6 Å². The molecule has 118 valence electrons. The van der Waals surface area contributed by atoms with Crippen LogP contribution < -0.4 is 15.0 Å². The first-order chi connectivity index (χ1) is 9.89. The Balaban J connectivity index is 2.44. The molecule has 6 heteroatoms. The molecule has 2 atom stereocenters. The Morgan fingerprint density at radius 3 is 2.71 bits per heavy atom. The average Bonchev–Trinajstić information content (AvgIpc) is 2.44. The van der Waals surface area contributed by atoms with E-state index < -0.39 is 9.84 Å². The fraction of sp³-hybridized carbons (Fsp3) is 0.600. The summed E-state index contributed by atoms with van der Waals surface area (Å²) in [5.41, 5.74) is 2.13. The Hall–Kier alpha value is -1.27. The lowest BCUT2D eigenvalue weighted by Crippen LogP contribution is -2.47. The van der Waals surface area contributed by atoms with Crippen molar-refractivity contribution in [2.75, 3.05) is 37.1 Å². The molecule has 0 bridgehead atoms. The predicted molar refractivity (Wildman–Crippen MR) is 85.9 cm³/mol. The molecule has 1 saturated heterocycles. The molecule has 5 nitrogen and oxygen atoms in total. The second-order valence-corrected chi connectivity index (χ2v) is 7.79. The van der Waals surface area contributed by atoms with Gasteiger partial charge in [0.05, 0.1) is 18.6 Å². The van der Waals surface area contributed by atoms with E-state index in [4.69, 9.17) is 4.74 Å². The predicted octanol–water partition coefficient (Wildman–Crippen LogP) is 1.60. The number of nitrogens with zero attached hydrogens (tertiary/aromatic N) is 1. The quantitative estimate of drug-likeness (QED) is 0.915. The summed E-state index contributed by atoms with van der Waals surface area (Å²) in [7, 11) is 0.654. The van der Waals surface area contributed by atoms with Gasteiger partial charge in [0.1, 0.15) is 5.75 Å². The van der Waals surface area contributed by atoms with Gasteiger partial charge in [0.25, 0.3) is 0 Å². The van der Waals surface area contributed by atoms with Crippen molar-refractivity contribution >= 4 is 15.5 Å². The zero-order valence-corrected chi connectivity index (χ0v) is 13.9. The first-order valence-corrected chi connectivity index (χ1v) is 9.03. The van der Waals surface area contributed by atoms with Gasteiger partial charge in [0.15, 0.2) is 9.84 Å². The second kappa shape index (κ2) is 6.23. The Morgan fingerprint density at radius 2 is 2.14 bits per heavy atom. The highest BCUT2D eigenvalue weighted by molar-refractivity contribution is 7.91. The normalized spacial score (nSPS) is 22.9. The number of nitrogens with one attached hydrogen (secondary N) is 1. The number of sulfone groups is 1. The molecule has 2 rings (SSSR count). The van der Waals surface area contributed by atoms with Crippen molar-refractivity contribution in [3.8, 4) is 5.75 Å². The Labute approximate surface area is 127 Å². The summed E-state index contributed by atoms with van der Waals surface area (Å²) in [5, 5.41) is 3.24. The number of hydrogen-bond donors (Lipinski definition) is 1. The minimum absolute atomic E-state index is 0.0290. The molecule has 0 aliphatic carbocycles. The number of methoxy groups -OCH3 is 1. The molecule has 0 aromatic heterocycles. The van der Waals surface area contributed by atoms with Crippen LogP contribution in [0.1, 0.15) is 25.5 Å². The number of ether oxygens (including phenoxy) is 1. The number of benzene rings is 1. The van der Waals surface area contributed by atoms with Crippen LogP contribution in [-0.2, 0) is 9.84 Å². The molecule has 1 N–H and O–H groups in total. The number of hydrogen-bond acceptors (Lipinski definition) is 5. The van der Waals surface area contributed by atoms with E-state index in [1.807, 2.05) is 32.2 Å². The minimum atomic E-state index is -2.92. The third kappa shape index (κ3) is 3.32. The van der Waals surface area contributed by atoms with Crippen LogP contribution in [0, 0.1) is 0 Å². The maximum atomic E-state index is 11.8. The zero-order chi connectivity index (χ0) is 15.6. The maximum absolute atomic E-state index is 11.8. The van der Waals surface area contributed by atoms with E-state index in [9.17, 15) is 8.42 Å². The van der Waals surface area contributed by atoms with E-state index in [1.165, 1.54) is 0 Å². The van der Waals surface area contributed by atoms with Gasteiger partial charge in [-0.1, -0.05) is 6.07 Å². The average molecular weight is 312 g/mol. The molecular formula is C15H24N2O3S. The summed E-state index contributed by atoms with van der Waals surface area (Å²) in [4.78, 5) is 2.17. The Kier molecular flexibility index (Phi) is 4.78. The number of rotatable bonds is 4. The Bertz CT molecular complexity index is 601. The van der Waals surface area contributed by atoms with Crippen molar-refractivity contribution in [1.82, 2.24) is 5.32 Å². The van der Waals surface area contributed by atoms with Gasteiger partial charge in [0, 0.05) is 29.9 Å². The van der Waals surface area contributed by atoms with Crippen LogP contribution in [0.2, 0.25) is 0 Å². The molecule has 1 aromatic rings. The first-order valence-electron chi connectivity index (χ1n) is 7.21. The number of anilines is 1. The fourth-order valence-electron chi connectivity index (χ4n) is 2.90. The molecule has 0 spiro atoms. The first kappa shape index (κ1) is 16.1. The Morgan fingerprint density at radius 1 is 1.43 bits per heavy atom. The molecule has 2 unspecified atom stereocenters.